The van der Waals surface area contributed by atoms with Gasteiger partial charge in [-0.1, -0.05) is 43.3 Å². The normalized spacial score (nSPS) is 19.1. The first-order valence-corrected chi connectivity index (χ1v) is 14.2. The van der Waals surface area contributed by atoms with Gasteiger partial charge in [0.25, 0.3) is 0 Å². The number of hydrogen-bond acceptors (Lipinski definition) is 6. The summed E-state index contributed by atoms with van der Waals surface area (Å²) in [6.45, 7) is 10.5. The van der Waals surface area contributed by atoms with E-state index in [-0.39, 0.29) is 35.1 Å². The van der Waals surface area contributed by atoms with Crippen molar-refractivity contribution in [2.75, 3.05) is 18.9 Å². The molecule has 8 nitrogen and oxygen atoms in total. The number of ether oxygens (including phenoxy) is 1. The second-order valence-corrected chi connectivity index (χ2v) is 12.0. The SMILES string of the molecule is CCOc1ccc2nc(SCC(=O)N3[C@H](C)CN(S(=O)(=O)c4ccc(C)cc4)[C@H]3C(C)C)[nH]c2c1. The molecule has 0 saturated carbocycles. The number of aromatic nitrogens is 2. The van der Waals surface area contributed by atoms with Crippen molar-refractivity contribution in [3.63, 3.8) is 0 Å². The number of aryl methyl sites for hydroxylation is 1. The third-order valence-corrected chi connectivity index (χ3v) is 8.79. The molecule has 1 N–H and O–H groups in total. The molecule has 3 aromatic rings. The fraction of sp³-hybridized carbons (Fsp3) is 0.440. The van der Waals surface area contributed by atoms with Gasteiger partial charge in [0.1, 0.15) is 11.9 Å². The first kappa shape index (κ1) is 25.5. The van der Waals surface area contributed by atoms with Crippen LogP contribution in [0.4, 0.5) is 0 Å². The smallest absolute Gasteiger partial charge is 0.244 e. The van der Waals surface area contributed by atoms with E-state index in [2.05, 4.69) is 9.97 Å². The number of nitrogens with zero attached hydrogens (tertiary/aromatic N) is 3. The molecule has 1 saturated heterocycles. The Labute approximate surface area is 211 Å². The van der Waals surface area contributed by atoms with Crippen LogP contribution >= 0.6 is 11.8 Å². The molecular weight excluding hydrogens is 484 g/mol. The van der Waals surface area contributed by atoms with Crippen LogP contribution in [-0.2, 0) is 14.8 Å². The van der Waals surface area contributed by atoms with Crippen molar-refractivity contribution < 1.29 is 17.9 Å². The largest absolute Gasteiger partial charge is 0.494 e. The first-order chi connectivity index (χ1) is 16.6. The van der Waals surface area contributed by atoms with Gasteiger partial charge in [0.05, 0.1) is 28.3 Å². The molecule has 1 fully saturated rings. The van der Waals surface area contributed by atoms with Crippen LogP contribution < -0.4 is 4.74 Å². The van der Waals surface area contributed by atoms with Crippen molar-refractivity contribution in [1.82, 2.24) is 19.2 Å². The molecule has 1 aliphatic rings. The van der Waals surface area contributed by atoms with Crippen LogP contribution in [0.25, 0.3) is 11.0 Å². The molecule has 0 spiro atoms. The Balaban J connectivity index is 1.51. The average Bonchev–Trinajstić information content (AvgIpc) is 3.38. The van der Waals surface area contributed by atoms with Gasteiger partial charge in [-0.25, -0.2) is 13.4 Å². The highest BCUT2D eigenvalue weighted by molar-refractivity contribution is 7.99. The molecule has 35 heavy (non-hydrogen) atoms. The molecule has 2 aromatic carbocycles. The van der Waals surface area contributed by atoms with E-state index in [0.717, 1.165) is 22.3 Å². The van der Waals surface area contributed by atoms with Crippen LogP contribution in [0.2, 0.25) is 0 Å². The summed E-state index contributed by atoms with van der Waals surface area (Å²) in [7, 11) is -3.74. The fourth-order valence-electron chi connectivity index (χ4n) is 4.48. The quantitative estimate of drug-likeness (QED) is 0.450. The lowest BCUT2D eigenvalue weighted by molar-refractivity contribution is -0.132. The maximum absolute atomic E-state index is 13.5. The zero-order chi connectivity index (χ0) is 25.3. The van der Waals surface area contributed by atoms with Crippen molar-refractivity contribution >= 4 is 38.7 Å². The summed E-state index contributed by atoms with van der Waals surface area (Å²) in [5, 5.41) is 0.638. The van der Waals surface area contributed by atoms with Crippen LogP contribution in [0.5, 0.6) is 5.75 Å². The summed E-state index contributed by atoms with van der Waals surface area (Å²) in [4.78, 5) is 23.1. The topological polar surface area (TPSA) is 95.6 Å². The number of sulfonamides is 1. The number of carbonyl (C=O) groups excluding carboxylic acids is 1. The fourth-order valence-corrected chi connectivity index (χ4v) is 7.03. The van der Waals surface area contributed by atoms with Gasteiger partial charge in [-0.2, -0.15) is 4.31 Å². The predicted molar refractivity (Wildman–Crippen MR) is 138 cm³/mol. The van der Waals surface area contributed by atoms with Crippen molar-refractivity contribution in [2.24, 2.45) is 5.92 Å². The Kier molecular flexibility index (Phi) is 7.44. The number of H-pyrrole nitrogens is 1. The minimum absolute atomic E-state index is 0.0719. The number of amides is 1. The highest BCUT2D eigenvalue weighted by Crippen LogP contribution is 2.33. The first-order valence-electron chi connectivity index (χ1n) is 11.8. The molecule has 0 aliphatic carbocycles. The second-order valence-electron chi connectivity index (χ2n) is 9.14. The molecule has 0 radical (unpaired) electrons. The van der Waals surface area contributed by atoms with Crippen LogP contribution in [0.15, 0.2) is 52.5 Å². The summed E-state index contributed by atoms with van der Waals surface area (Å²) in [5.41, 5.74) is 2.64. The van der Waals surface area contributed by atoms with Gasteiger partial charge in [-0.3, -0.25) is 4.79 Å². The number of fused-ring (bicyclic) bond motifs is 1. The van der Waals surface area contributed by atoms with Gasteiger partial charge in [-0.05, 0) is 51.0 Å². The minimum Gasteiger partial charge on any atom is -0.494 e. The number of thioether (sulfide) groups is 1. The number of aromatic amines is 1. The van der Waals surface area contributed by atoms with Crippen molar-refractivity contribution in [1.29, 1.82) is 0 Å². The summed E-state index contributed by atoms with van der Waals surface area (Å²) < 4.78 is 34.0. The summed E-state index contributed by atoms with van der Waals surface area (Å²) in [6.07, 6.45) is -0.547. The van der Waals surface area contributed by atoms with Gasteiger partial charge < -0.3 is 14.6 Å². The molecule has 4 rings (SSSR count). The minimum atomic E-state index is -3.74. The summed E-state index contributed by atoms with van der Waals surface area (Å²) >= 11 is 1.32. The number of rotatable bonds is 8. The van der Waals surface area contributed by atoms with Crippen molar-refractivity contribution in [3.05, 3.63) is 48.0 Å². The van der Waals surface area contributed by atoms with Crippen LogP contribution in [-0.4, -0.2) is 64.6 Å². The van der Waals surface area contributed by atoms with Crippen LogP contribution in [0.3, 0.4) is 0 Å². The number of carbonyl (C=O) groups is 1. The van der Waals surface area contributed by atoms with E-state index < -0.39 is 16.2 Å². The third kappa shape index (κ3) is 5.19. The van der Waals surface area contributed by atoms with E-state index >= 15 is 0 Å². The standard InChI is InChI=1S/C25H32N4O4S2/c1-6-33-19-9-12-21-22(13-19)27-25(26-21)34-15-23(30)29-18(5)14-28(24(29)16(2)3)35(31,32)20-10-7-17(4)8-11-20/h7-13,16,18,24H,6,14-15H2,1-5H3,(H,26,27)/t18-,24-/m1/s1. The monoisotopic (exact) mass is 516 g/mol. The molecule has 2 atom stereocenters. The lowest BCUT2D eigenvalue weighted by atomic mass is 10.1. The molecule has 1 amide bonds. The highest BCUT2D eigenvalue weighted by atomic mass is 32.2. The van der Waals surface area contributed by atoms with Crippen LogP contribution in [0.1, 0.15) is 33.3 Å². The predicted octanol–water partition coefficient (Wildman–Crippen LogP) is 4.27. The Bertz CT molecular complexity index is 1300. The van der Waals surface area contributed by atoms with Gasteiger partial charge >= 0.3 is 0 Å². The number of imidazole rings is 1. The van der Waals surface area contributed by atoms with Crippen molar-refractivity contribution in [3.8, 4) is 5.75 Å². The van der Waals surface area contributed by atoms with Gasteiger partial charge in [0.15, 0.2) is 5.16 Å². The molecule has 2 heterocycles. The Morgan fingerprint density at radius 3 is 2.60 bits per heavy atom. The molecule has 1 aliphatic heterocycles. The number of benzene rings is 2. The second kappa shape index (κ2) is 10.2. The van der Waals surface area contributed by atoms with Gasteiger partial charge in [0.2, 0.25) is 15.9 Å². The zero-order valence-electron chi connectivity index (χ0n) is 20.7. The maximum Gasteiger partial charge on any atom is 0.244 e. The van der Waals surface area contributed by atoms with E-state index in [0.29, 0.717) is 11.8 Å². The third-order valence-electron chi connectivity index (χ3n) is 6.09. The molecule has 10 heteroatoms. The molecular formula is C25H32N4O4S2. The van der Waals surface area contributed by atoms with Gasteiger partial charge in [0, 0.05) is 18.7 Å². The van der Waals surface area contributed by atoms with E-state index in [1.54, 1.807) is 29.2 Å². The highest BCUT2D eigenvalue weighted by Gasteiger charge is 2.47. The van der Waals surface area contributed by atoms with Crippen molar-refractivity contribution in [2.45, 2.75) is 56.9 Å². The van der Waals surface area contributed by atoms with Gasteiger partial charge in [-0.15, -0.1) is 0 Å². The lowest BCUT2D eigenvalue weighted by Gasteiger charge is -2.33. The van der Waals surface area contributed by atoms with E-state index in [9.17, 15) is 13.2 Å². The number of nitrogens with one attached hydrogen (secondary N) is 1. The average molecular weight is 517 g/mol. The molecule has 188 valence electrons. The maximum atomic E-state index is 13.5. The zero-order valence-corrected chi connectivity index (χ0v) is 22.3. The molecule has 1 aromatic heterocycles. The van der Waals surface area contributed by atoms with E-state index in [1.165, 1.54) is 16.1 Å². The van der Waals surface area contributed by atoms with E-state index in [1.807, 2.05) is 52.8 Å². The van der Waals surface area contributed by atoms with E-state index in [4.69, 9.17) is 4.74 Å². The van der Waals surface area contributed by atoms with Crippen LogP contribution in [0, 0.1) is 12.8 Å². The lowest BCUT2D eigenvalue weighted by Crippen LogP contribution is -2.49. The Morgan fingerprint density at radius 1 is 1.23 bits per heavy atom. The number of hydrogen-bond donors (Lipinski definition) is 1. The molecule has 0 unspecified atom stereocenters. The Morgan fingerprint density at radius 2 is 1.94 bits per heavy atom. The summed E-state index contributed by atoms with van der Waals surface area (Å²) in [6, 6.07) is 12.3. The molecule has 0 bridgehead atoms. The Hall–Kier alpha value is -2.56. The summed E-state index contributed by atoms with van der Waals surface area (Å²) in [5.74, 6) is 0.733.